The van der Waals surface area contributed by atoms with E-state index in [2.05, 4.69) is 77.1 Å². The van der Waals surface area contributed by atoms with Crippen LogP contribution in [-0.2, 0) is 13.1 Å². The Labute approximate surface area is 154 Å². The number of nitrogens with zero attached hydrogens (tertiary/aromatic N) is 1. The summed E-state index contributed by atoms with van der Waals surface area (Å²) >= 11 is 0. The topological polar surface area (TPSA) is 29.0 Å². The van der Waals surface area contributed by atoms with Crippen molar-refractivity contribution in [2.24, 2.45) is 0 Å². The molecule has 4 aromatic rings. The molecule has 0 fully saturated rings. The van der Waals surface area contributed by atoms with Crippen LogP contribution in [0.4, 0.5) is 5.69 Å². The van der Waals surface area contributed by atoms with Crippen molar-refractivity contribution < 1.29 is 0 Å². The van der Waals surface area contributed by atoms with Gasteiger partial charge in [-0.05, 0) is 53.8 Å². The molecule has 3 aromatic carbocycles. The first-order valence-corrected chi connectivity index (χ1v) is 8.95. The zero-order valence-corrected chi connectivity index (χ0v) is 14.9. The molecular formula is C23H23N3. The Hall–Kier alpha value is -3.04. The summed E-state index contributed by atoms with van der Waals surface area (Å²) in [5.41, 5.74) is 12.7. The second-order valence-electron chi connectivity index (χ2n) is 6.67. The van der Waals surface area contributed by atoms with Gasteiger partial charge in [0.15, 0.2) is 0 Å². The first kappa shape index (κ1) is 16.4. The Morgan fingerprint density at radius 2 is 1.58 bits per heavy atom. The molecule has 3 heteroatoms. The number of hydrazine groups is 1. The normalized spacial score (nSPS) is 11.0. The highest BCUT2D eigenvalue weighted by molar-refractivity contribution is 5.81. The van der Waals surface area contributed by atoms with Crippen molar-refractivity contribution in [3.05, 3.63) is 102 Å². The molecule has 2 N–H and O–H groups in total. The Morgan fingerprint density at radius 1 is 0.808 bits per heavy atom. The van der Waals surface area contributed by atoms with Crippen LogP contribution < -0.4 is 10.9 Å². The molecule has 1 heterocycles. The number of rotatable bonds is 6. The summed E-state index contributed by atoms with van der Waals surface area (Å²) in [6, 6.07) is 27.7. The van der Waals surface area contributed by atoms with Gasteiger partial charge < -0.3 is 9.99 Å². The Kier molecular flexibility index (Phi) is 4.71. The molecule has 4 rings (SSSR count). The van der Waals surface area contributed by atoms with Crippen LogP contribution in [0.3, 0.4) is 0 Å². The van der Waals surface area contributed by atoms with Crippen LogP contribution in [-0.4, -0.2) is 4.57 Å². The molecule has 0 bridgehead atoms. The number of aromatic nitrogens is 1. The maximum absolute atomic E-state index is 3.28. The van der Waals surface area contributed by atoms with E-state index in [4.69, 9.17) is 0 Å². The lowest BCUT2D eigenvalue weighted by Crippen LogP contribution is -2.20. The molecule has 130 valence electrons. The van der Waals surface area contributed by atoms with Gasteiger partial charge in [-0.2, -0.15) is 0 Å². The minimum absolute atomic E-state index is 0.772. The fourth-order valence-corrected chi connectivity index (χ4v) is 3.16. The molecule has 0 unspecified atom stereocenters. The molecule has 0 aliphatic carbocycles. The zero-order chi connectivity index (χ0) is 17.8. The van der Waals surface area contributed by atoms with Crippen LogP contribution in [0.1, 0.15) is 16.7 Å². The molecule has 0 saturated heterocycles. The predicted octanol–water partition coefficient (Wildman–Crippen LogP) is 5.11. The van der Waals surface area contributed by atoms with Gasteiger partial charge in [-0.25, -0.2) is 5.43 Å². The Balaban J connectivity index is 1.44. The monoisotopic (exact) mass is 341 g/mol. The fraction of sp³-hybridized carbons (Fsp3) is 0.130. The molecule has 0 radical (unpaired) electrons. The van der Waals surface area contributed by atoms with E-state index >= 15 is 0 Å². The standard InChI is InChI=1S/C23H23N3/c1-18-7-9-19(10-8-18)17-26-14-13-21-15-20(11-12-23(21)26)16-24-25-22-5-3-2-4-6-22/h2-15,24-25H,16-17H2,1H3. The lowest BCUT2D eigenvalue weighted by molar-refractivity contribution is 0.801. The van der Waals surface area contributed by atoms with Crippen molar-refractivity contribution in [3.63, 3.8) is 0 Å². The van der Waals surface area contributed by atoms with Gasteiger partial charge in [-0.3, -0.25) is 0 Å². The zero-order valence-electron chi connectivity index (χ0n) is 14.9. The van der Waals surface area contributed by atoms with E-state index < -0.39 is 0 Å². The van der Waals surface area contributed by atoms with E-state index in [0.717, 1.165) is 18.8 Å². The quantitative estimate of drug-likeness (QED) is 0.477. The van der Waals surface area contributed by atoms with Crippen LogP contribution >= 0.6 is 0 Å². The SMILES string of the molecule is Cc1ccc(Cn2ccc3cc(CNNc4ccccc4)ccc32)cc1. The van der Waals surface area contributed by atoms with Crippen molar-refractivity contribution in [2.45, 2.75) is 20.0 Å². The number of benzene rings is 3. The highest BCUT2D eigenvalue weighted by Gasteiger charge is 2.03. The number of hydrogen-bond acceptors (Lipinski definition) is 2. The van der Waals surface area contributed by atoms with E-state index in [1.165, 1.54) is 27.6 Å². The summed E-state index contributed by atoms with van der Waals surface area (Å²) in [4.78, 5) is 0. The third-order valence-electron chi connectivity index (χ3n) is 4.61. The molecule has 0 atom stereocenters. The number of nitrogens with one attached hydrogen (secondary N) is 2. The van der Waals surface area contributed by atoms with Crippen molar-refractivity contribution >= 4 is 16.6 Å². The van der Waals surface area contributed by atoms with E-state index in [0.29, 0.717) is 0 Å². The van der Waals surface area contributed by atoms with E-state index in [1.54, 1.807) is 0 Å². The molecule has 0 aliphatic rings. The molecular weight excluding hydrogens is 318 g/mol. The van der Waals surface area contributed by atoms with Gasteiger partial charge >= 0.3 is 0 Å². The lowest BCUT2D eigenvalue weighted by atomic mass is 10.1. The van der Waals surface area contributed by atoms with Crippen LogP contribution in [0.25, 0.3) is 10.9 Å². The minimum Gasteiger partial charge on any atom is -0.343 e. The second-order valence-corrected chi connectivity index (χ2v) is 6.67. The number of hydrogen-bond donors (Lipinski definition) is 2. The summed E-state index contributed by atoms with van der Waals surface area (Å²) in [6.07, 6.45) is 2.17. The van der Waals surface area contributed by atoms with Gasteiger partial charge in [0.05, 0.1) is 0 Å². The average Bonchev–Trinajstić information content (AvgIpc) is 3.07. The molecule has 3 nitrogen and oxygen atoms in total. The number of para-hydroxylation sites is 1. The number of aryl methyl sites for hydroxylation is 1. The summed E-state index contributed by atoms with van der Waals surface area (Å²) in [5, 5.41) is 1.27. The van der Waals surface area contributed by atoms with Gasteiger partial charge in [0.25, 0.3) is 0 Å². The summed E-state index contributed by atoms with van der Waals surface area (Å²) < 4.78 is 2.30. The van der Waals surface area contributed by atoms with Crippen LogP contribution in [0, 0.1) is 6.92 Å². The largest absolute Gasteiger partial charge is 0.343 e. The first-order valence-electron chi connectivity index (χ1n) is 8.95. The van der Waals surface area contributed by atoms with E-state index in [-0.39, 0.29) is 0 Å². The maximum Gasteiger partial charge on any atom is 0.0487 e. The third kappa shape index (κ3) is 3.79. The predicted molar refractivity (Wildman–Crippen MR) is 109 cm³/mol. The van der Waals surface area contributed by atoms with E-state index in [9.17, 15) is 0 Å². The molecule has 0 spiro atoms. The van der Waals surface area contributed by atoms with Crippen LogP contribution in [0.5, 0.6) is 0 Å². The molecule has 0 amide bonds. The van der Waals surface area contributed by atoms with Crippen molar-refractivity contribution in [2.75, 3.05) is 5.43 Å². The molecule has 0 aliphatic heterocycles. The van der Waals surface area contributed by atoms with Gasteiger partial charge in [0.1, 0.15) is 0 Å². The lowest BCUT2D eigenvalue weighted by Gasteiger charge is -2.09. The molecule has 0 saturated carbocycles. The smallest absolute Gasteiger partial charge is 0.0487 e. The average molecular weight is 341 g/mol. The van der Waals surface area contributed by atoms with Gasteiger partial charge in [0.2, 0.25) is 0 Å². The summed E-state index contributed by atoms with van der Waals surface area (Å²) in [5.74, 6) is 0. The molecule has 26 heavy (non-hydrogen) atoms. The highest BCUT2D eigenvalue weighted by atomic mass is 15.3. The Morgan fingerprint density at radius 3 is 2.38 bits per heavy atom. The molecule has 1 aromatic heterocycles. The maximum atomic E-state index is 3.28. The van der Waals surface area contributed by atoms with Crippen LogP contribution in [0.15, 0.2) is 85.1 Å². The van der Waals surface area contributed by atoms with E-state index in [1.807, 2.05) is 30.3 Å². The van der Waals surface area contributed by atoms with Crippen LogP contribution in [0.2, 0.25) is 0 Å². The summed E-state index contributed by atoms with van der Waals surface area (Å²) in [7, 11) is 0. The van der Waals surface area contributed by atoms with Gasteiger partial charge in [-0.15, -0.1) is 0 Å². The van der Waals surface area contributed by atoms with Crippen molar-refractivity contribution in [3.8, 4) is 0 Å². The highest BCUT2D eigenvalue weighted by Crippen LogP contribution is 2.19. The van der Waals surface area contributed by atoms with Gasteiger partial charge in [0, 0.05) is 30.5 Å². The minimum atomic E-state index is 0.772. The first-order chi connectivity index (χ1) is 12.8. The Bertz CT molecular complexity index is 985. The van der Waals surface area contributed by atoms with Crippen molar-refractivity contribution in [1.29, 1.82) is 0 Å². The third-order valence-corrected chi connectivity index (χ3v) is 4.61. The summed E-state index contributed by atoms with van der Waals surface area (Å²) in [6.45, 7) is 3.79. The number of anilines is 1. The fourth-order valence-electron chi connectivity index (χ4n) is 3.16. The number of fused-ring (bicyclic) bond motifs is 1. The van der Waals surface area contributed by atoms with Crippen molar-refractivity contribution in [1.82, 2.24) is 9.99 Å². The van der Waals surface area contributed by atoms with Gasteiger partial charge in [-0.1, -0.05) is 54.1 Å². The second kappa shape index (κ2) is 7.46.